The Morgan fingerprint density at radius 3 is 2.69 bits per heavy atom. The molecule has 0 aliphatic heterocycles. The molecule has 1 aliphatic carbocycles. The highest BCUT2D eigenvalue weighted by Gasteiger charge is 2.29. The van der Waals surface area contributed by atoms with E-state index in [1.54, 1.807) is 0 Å². The average molecular weight is 245 g/mol. The fourth-order valence-corrected chi connectivity index (χ4v) is 3.47. The third-order valence-electron chi connectivity index (χ3n) is 3.86. The second kappa shape index (κ2) is 6.87. The molecule has 0 saturated heterocycles. The lowest BCUT2D eigenvalue weighted by atomic mass is 9.88. The molecule has 3 atom stereocenters. The first-order valence-electron chi connectivity index (χ1n) is 6.61. The van der Waals surface area contributed by atoms with E-state index in [0.29, 0.717) is 6.04 Å². The summed E-state index contributed by atoms with van der Waals surface area (Å²) in [5.74, 6) is 1.22. The molecule has 16 heavy (non-hydrogen) atoms. The number of aliphatic hydroxyl groups excluding tert-OH is 1. The highest BCUT2D eigenvalue weighted by atomic mass is 32.2. The maximum absolute atomic E-state index is 9.38. The molecule has 0 aromatic rings. The van der Waals surface area contributed by atoms with E-state index >= 15 is 0 Å². The molecular weight excluding hydrogens is 218 g/mol. The minimum absolute atomic E-state index is 0.0595. The van der Waals surface area contributed by atoms with E-state index < -0.39 is 0 Å². The van der Waals surface area contributed by atoms with Gasteiger partial charge in [0.15, 0.2) is 0 Å². The van der Waals surface area contributed by atoms with Crippen LogP contribution in [-0.2, 0) is 0 Å². The normalized spacial score (nSPS) is 29.2. The quantitative estimate of drug-likeness (QED) is 0.723. The van der Waals surface area contributed by atoms with E-state index in [2.05, 4.69) is 37.8 Å². The molecule has 0 amide bonds. The van der Waals surface area contributed by atoms with Crippen molar-refractivity contribution in [3.05, 3.63) is 0 Å². The van der Waals surface area contributed by atoms with Gasteiger partial charge in [0.1, 0.15) is 0 Å². The first-order valence-corrected chi connectivity index (χ1v) is 7.66. The van der Waals surface area contributed by atoms with Crippen LogP contribution in [0.5, 0.6) is 0 Å². The molecule has 0 radical (unpaired) electrons. The van der Waals surface area contributed by atoms with Crippen molar-refractivity contribution < 1.29 is 5.11 Å². The molecule has 96 valence electrons. The van der Waals surface area contributed by atoms with Gasteiger partial charge in [-0.05, 0) is 25.0 Å². The van der Waals surface area contributed by atoms with Crippen LogP contribution >= 0.6 is 11.8 Å². The van der Waals surface area contributed by atoms with Gasteiger partial charge in [0.05, 0.1) is 0 Å². The predicted octanol–water partition coefficient (Wildman–Crippen LogP) is 2.66. The topological polar surface area (TPSA) is 32.3 Å². The second-order valence-electron chi connectivity index (χ2n) is 5.23. The minimum atomic E-state index is 0.0595. The Morgan fingerprint density at radius 1 is 1.38 bits per heavy atom. The molecule has 0 spiro atoms. The average Bonchev–Trinajstić information content (AvgIpc) is 2.74. The molecule has 1 aliphatic rings. The van der Waals surface area contributed by atoms with Gasteiger partial charge >= 0.3 is 0 Å². The second-order valence-corrected chi connectivity index (χ2v) is 6.75. The zero-order valence-corrected chi connectivity index (χ0v) is 11.8. The summed E-state index contributed by atoms with van der Waals surface area (Å²) in [5, 5.41) is 13.9. The lowest BCUT2D eigenvalue weighted by molar-refractivity contribution is 0.132. The molecule has 0 heterocycles. The molecule has 0 aromatic carbocycles. The summed E-state index contributed by atoms with van der Waals surface area (Å²) in [4.78, 5) is 0. The van der Waals surface area contributed by atoms with Crippen LogP contribution in [0.25, 0.3) is 0 Å². The van der Waals surface area contributed by atoms with Gasteiger partial charge < -0.3 is 10.4 Å². The molecule has 1 rings (SSSR count). The number of hydrogen-bond donors (Lipinski definition) is 2. The SMILES string of the molecule is CCSC1CCCC1NCC(C)(CC)CO. The summed E-state index contributed by atoms with van der Waals surface area (Å²) in [6.45, 7) is 7.80. The third kappa shape index (κ3) is 3.94. The summed E-state index contributed by atoms with van der Waals surface area (Å²) in [6.07, 6.45) is 5.06. The Kier molecular flexibility index (Phi) is 6.16. The number of thioether (sulfide) groups is 1. The zero-order chi connectivity index (χ0) is 12.0. The van der Waals surface area contributed by atoms with E-state index in [-0.39, 0.29) is 12.0 Å². The summed E-state index contributed by atoms with van der Waals surface area (Å²) in [6, 6.07) is 0.669. The van der Waals surface area contributed by atoms with Gasteiger partial charge in [-0.2, -0.15) is 11.8 Å². The standard InChI is InChI=1S/C13H27NOS/c1-4-13(3,10-15)9-14-11-7-6-8-12(11)16-5-2/h11-12,14-15H,4-10H2,1-3H3. The Balaban J connectivity index is 2.36. The maximum atomic E-state index is 9.38. The van der Waals surface area contributed by atoms with E-state index in [1.807, 2.05) is 0 Å². The monoisotopic (exact) mass is 245 g/mol. The van der Waals surface area contributed by atoms with Crippen molar-refractivity contribution in [3.63, 3.8) is 0 Å². The Labute approximate surface area is 105 Å². The summed E-state index contributed by atoms with van der Waals surface area (Å²) < 4.78 is 0. The summed E-state index contributed by atoms with van der Waals surface area (Å²) in [7, 11) is 0. The van der Waals surface area contributed by atoms with E-state index in [9.17, 15) is 5.11 Å². The molecule has 0 aromatic heterocycles. The molecule has 2 nitrogen and oxygen atoms in total. The predicted molar refractivity (Wildman–Crippen MR) is 73.0 cm³/mol. The van der Waals surface area contributed by atoms with Gasteiger partial charge in [-0.1, -0.05) is 27.2 Å². The van der Waals surface area contributed by atoms with Gasteiger partial charge in [0, 0.05) is 29.9 Å². The van der Waals surface area contributed by atoms with Crippen LogP contribution in [-0.4, -0.2) is 35.3 Å². The van der Waals surface area contributed by atoms with E-state index in [0.717, 1.165) is 18.2 Å². The highest BCUT2D eigenvalue weighted by Crippen LogP contribution is 2.30. The van der Waals surface area contributed by atoms with Gasteiger partial charge in [-0.25, -0.2) is 0 Å². The van der Waals surface area contributed by atoms with Gasteiger partial charge in [0.2, 0.25) is 0 Å². The molecular formula is C13H27NOS. The van der Waals surface area contributed by atoms with Crippen LogP contribution in [0.3, 0.4) is 0 Å². The Bertz CT molecular complexity index is 194. The minimum Gasteiger partial charge on any atom is -0.396 e. The van der Waals surface area contributed by atoms with E-state index in [1.165, 1.54) is 25.0 Å². The maximum Gasteiger partial charge on any atom is 0.0496 e. The fourth-order valence-electron chi connectivity index (χ4n) is 2.24. The smallest absolute Gasteiger partial charge is 0.0496 e. The van der Waals surface area contributed by atoms with Crippen LogP contribution in [0, 0.1) is 5.41 Å². The van der Waals surface area contributed by atoms with Gasteiger partial charge in [0.25, 0.3) is 0 Å². The van der Waals surface area contributed by atoms with Crippen LogP contribution in [0.1, 0.15) is 46.5 Å². The first-order chi connectivity index (χ1) is 7.65. The largest absolute Gasteiger partial charge is 0.396 e. The fraction of sp³-hybridized carbons (Fsp3) is 1.00. The third-order valence-corrected chi connectivity index (χ3v) is 5.19. The van der Waals surface area contributed by atoms with Crippen molar-refractivity contribution in [2.24, 2.45) is 5.41 Å². The molecule has 0 bridgehead atoms. The number of hydrogen-bond acceptors (Lipinski definition) is 3. The van der Waals surface area contributed by atoms with Crippen LogP contribution in [0.4, 0.5) is 0 Å². The van der Waals surface area contributed by atoms with E-state index in [4.69, 9.17) is 0 Å². The van der Waals surface area contributed by atoms with Gasteiger partial charge in [-0.3, -0.25) is 0 Å². The number of nitrogens with one attached hydrogen (secondary N) is 1. The molecule has 1 saturated carbocycles. The first kappa shape index (κ1) is 14.3. The zero-order valence-electron chi connectivity index (χ0n) is 11.0. The van der Waals surface area contributed by atoms with Crippen molar-refractivity contribution in [2.75, 3.05) is 18.9 Å². The molecule has 3 heteroatoms. The van der Waals surface area contributed by atoms with Crippen molar-refractivity contribution in [3.8, 4) is 0 Å². The van der Waals surface area contributed by atoms with Crippen molar-refractivity contribution >= 4 is 11.8 Å². The van der Waals surface area contributed by atoms with Crippen LogP contribution in [0.15, 0.2) is 0 Å². The molecule has 1 fully saturated rings. The molecule has 2 N–H and O–H groups in total. The number of rotatable bonds is 7. The van der Waals surface area contributed by atoms with Crippen LogP contribution < -0.4 is 5.32 Å². The lowest BCUT2D eigenvalue weighted by Crippen LogP contribution is -2.42. The molecule has 3 unspecified atom stereocenters. The lowest BCUT2D eigenvalue weighted by Gasteiger charge is -2.29. The van der Waals surface area contributed by atoms with Gasteiger partial charge in [-0.15, -0.1) is 0 Å². The van der Waals surface area contributed by atoms with Crippen molar-refractivity contribution in [1.29, 1.82) is 0 Å². The Hall–Kier alpha value is 0.270. The van der Waals surface area contributed by atoms with Crippen LogP contribution in [0.2, 0.25) is 0 Å². The summed E-state index contributed by atoms with van der Waals surface area (Å²) in [5.41, 5.74) is 0.0595. The summed E-state index contributed by atoms with van der Waals surface area (Å²) >= 11 is 2.09. The van der Waals surface area contributed by atoms with Crippen molar-refractivity contribution in [2.45, 2.75) is 57.7 Å². The number of aliphatic hydroxyl groups is 1. The van der Waals surface area contributed by atoms with Crippen molar-refractivity contribution in [1.82, 2.24) is 5.32 Å². The Morgan fingerprint density at radius 2 is 2.12 bits per heavy atom. The highest BCUT2D eigenvalue weighted by molar-refractivity contribution is 7.99.